The van der Waals surface area contributed by atoms with Crippen LogP contribution in [0.5, 0.6) is 0 Å². The third-order valence-electron chi connectivity index (χ3n) is 5.51. The van der Waals surface area contributed by atoms with Crippen LogP contribution in [0.15, 0.2) is 53.0 Å². The number of nitrogens with one attached hydrogen (secondary N) is 1. The van der Waals surface area contributed by atoms with Crippen molar-refractivity contribution in [2.75, 3.05) is 23.7 Å². The smallest absolute Gasteiger partial charge is 0.242 e. The Labute approximate surface area is 215 Å². The molecule has 192 valence electrons. The number of nitrogens with zero attached hydrogens (tertiary/aromatic N) is 2. The van der Waals surface area contributed by atoms with Crippen LogP contribution >= 0.6 is 15.9 Å². The highest BCUT2D eigenvalue weighted by atomic mass is 79.9. The van der Waals surface area contributed by atoms with E-state index in [1.807, 2.05) is 31.2 Å². The van der Waals surface area contributed by atoms with Gasteiger partial charge in [0.05, 0.1) is 11.9 Å². The van der Waals surface area contributed by atoms with Gasteiger partial charge in [-0.15, -0.1) is 0 Å². The van der Waals surface area contributed by atoms with Gasteiger partial charge in [0.15, 0.2) is 0 Å². The van der Waals surface area contributed by atoms with Crippen LogP contribution in [0.3, 0.4) is 0 Å². The topological polar surface area (TPSA) is 86.8 Å². The Morgan fingerprint density at radius 3 is 2.40 bits per heavy atom. The van der Waals surface area contributed by atoms with Crippen LogP contribution in [0.2, 0.25) is 0 Å². The zero-order chi connectivity index (χ0) is 26.0. The van der Waals surface area contributed by atoms with Gasteiger partial charge in [0.2, 0.25) is 21.8 Å². The molecule has 0 fully saturated rings. The summed E-state index contributed by atoms with van der Waals surface area (Å²) in [4.78, 5) is 27.5. The van der Waals surface area contributed by atoms with Gasteiger partial charge in [-0.25, -0.2) is 12.8 Å². The number of anilines is 1. The van der Waals surface area contributed by atoms with Crippen LogP contribution in [0.1, 0.15) is 45.1 Å². The van der Waals surface area contributed by atoms with Gasteiger partial charge in [-0.1, -0.05) is 41.4 Å². The number of hydrogen-bond donors (Lipinski definition) is 1. The fourth-order valence-corrected chi connectivity index (χ4v) is 4.97. The van der Waals surface area contributed by atoms with Crippen molar-refractivity contribution in [1.82, 2.24) is 10.2 Å². The van der Waals surface area contributed by atoms with Gasteiger partial charge in [0.25, 0.3) is 0 Å². The molecule has 0 bridgehead atoms. The lowest BCUT2D eigenvalue weighted by Crippen LogP contribution is -2.48. The number of amides is 2. The van der Waals surface area contributed by atoms with E-state index in [2.05, 4.69) is 21.2 Å². The van der Waals surface area contributed by atoms with E-state index in [1.54, 1.807) is 6.92 Å². The predicted octanol–water partition coefficient (Wildman–Crippen LogP) is 4.47. The van der Waals surface area contributed by atoms with E-state index in [0.29, 0.717) is 12.2 Å². The molecule has 2 aromatic carbocycles. The van der Waals surface area contributed by atoms with Crippen molar-refractivity contribution < 1.29 is 22.4 Å². The van der Waals surface area contributed by atoms with Crippen molar-refractivity contribution in [3.8, 4) is 0 Å². The molecule has 10 heteroatoms. The van der Waals surface area contributed by atoms with Crippen molar-refractivity contribution in [3.05, 3.63) is 64.4 Å². The fraction of sp³-hybridized carbons (Fsp3) is 0.440. The zero-order valence-corrected chi connectivity index (χ0v) is 22.7. The maximum Gasteiger partial charge on any atom is 0.242 e. The second-order valence-corrected chi connectivity index (χ2v) is 11.2. The summed E-state index contributed by atoms with van der Waals surface area (Å²) in [5, 5.41) is 2.88. The molecule has 0 spiro atoms. The molecule has 7 nitrogen and oxygen atoms in total. The van der Waals surface area contributed by atoms with Gasteiger partial charge in [-0.3, -0.25) is 13.9 Å². The van der Waals surface area contributed by atoms with Crippen LogP contribution in [0.25, 0.3) is 0 Å². The summed E-state index contributed by atoms with van der Waals surface area (Å²) < 4.78 is 39.9. The Morgan fingerprint density at radius 1 is 1.11 bits per heavy atom. The number of carbonyl (C=O) groups is 2. The Morgan fingerprint density at radius 2 is 1.80 bits per heavy atom. The van der Waals surface area contributed by atoms with E-state index in [-0.39, 0.29) is 37.7 Å². The van der Waals surface area contributed by atoms with Crippen LogP contribution in [0.4, 0.5) is 10.1 Å². The average molecular weight is 571 g/mol. The summed E-state index contributed by atoms with van der Waals surface area (Å²) in [6.45, 7) is 4.56. The molecule has 0 saturated heterocycles. The molecule has 0 heterocycles. The third kappa shape index (κ3) is 9.25. The number of benzene rings is 2. The summed E-state index contributed by atoms with van der Waals surface area (Å²) in [6, 6.07) is 12.0. The number of unbranched alkanes of at least 4 members (excludes halogenated alkanes) is 1. The minimum Gasteiger partial charge on any atom is -0.354 e. The summed E-state index contributed by atoms with van der Waals surface area (Å²) in [5.41, 5.74) is 1.20. The van der Waals surface area contributed by atoms with Gasteiger partial charge in [0, 0.05) is 30.5 Å². The molecule has 2 rings (SSSR count). The summed E-state index contributed by atoms with van der Waals surface area (Å²) >= 11 is 3.43. The van der Waals surface area contributed by atoms with E-state index in [1.165, 1.54) is 29.2 Å². The highest BCUT2D eigenvalue weighted by Crippen LogP contribution is 2.20. The van der Waals surface area contributed by atoms with E-state index in [0.717, 1.165) is 33.4 Å². The molecular weight excluding hydrogens is 537 g/mol. The third-order valence-corrected chi connectivity index (χ3v) is 7.19. The van der Waals surface area contributed by atoms with Gasteiger partial charge < -0.3 is 10.2 Å². The monoisotopic (exact) mass is 569 g/mol. The Kier molecular flexibility index (Phi) is 11.2. The molecule has 0 unspecified atom stereocenters. The Bertz CT molecular complexity index is 1100. The van der Waals surface area contributed by atoms with Crippen molar-refractivity contribution in [1.29, 1.82) is 0 Å². The van der Waals surface area contributed by atoms with Crippen LogP contribution in [-0.2, 0) is 26.2 Å². The summed E-state index contributed by atoms with van der Waals surface area (Å²) in [7, 11) is -3.63. The molecule has 0 radical (unpaired) electrons. The van der Waals surface area contributed by atoms with Crippen molar-refractivity contribution in [2.45, 2.75) is 52.1 Å². The number of sulfonamides is 1. The molecule has 35 heavy (non-hydrogen) atoms. The normalized spacial score (nSPS) is 12.1. The Hall–Kier alpha value is -2.46. The van der Waals surface area contributed by atoms with Crippen molar-refractivity contribution >= 4 is 43.5 Å². The first-order valence-electron chi connectivity index (χ1n) is 11.6. The van der Waals surface area contributed by atoms with E-state index >= 15 is 0 Å². The van der Waals surface area contributed by atoms with Gasteiger partial charge in [-0.05, 0) is 61.7 Å². The molecule has 0 aliphatic heterocycles. The van der Waals surface area contributed by atoms with E-state index in [9.17, 15) is 22.4 Å². The zero-order valence-electron chi connectivity index (χ0n) is 20.3. The first-order chi connectivity index (χ1) is 16.5. The highest BCUT2D eigenvalue weighted by Gasteiger charge is 2.26. The number of rotatable bonds is 13. The highest BCUT2D eigenvalue weighted by molar-refractivity contribution is 9.10. The lowest BCUT2D eigenvalue weighted by molar-refractivity contribution is -0.140. The quantitative estimate of drug-likeness (QED) is 0.360. The Balaban J connectivity index is 2.13. The lowest BCUT2D eigenvalue weighted by atomic mass is 10.1. The first kappa shape index (κ1) is 28.8. The standard InChI is InChI=1S/C25H33BrFN3O4S/c1-4-5-15-28-25(32)19(2)29(18-20-8-6-9-21(26)17-20)24(31)10-7-16-30(35(3,33)34)23-13-11-22(27)12-14-23/h6,8-9,11-14,17,19H,4-5,7,10,15-16,18H2,1-3H3,(H,28,32)/t19-/m1/s1. The first-order valence-corrected chi connectivity index (χ1v) is 14.2. The van der Waals surface area contributed by atoms with Crippen LogP contribution in [-0.4, -0.2) is 50.5 Å². The molecule has 0 aliphatic rings. The second-order valence-electron chi connectivity index (χ2n) is 8.39. The predicted molar refractivity (Wildman–Crippen MR) is 140 cm³/mol. The minimum absolute atomic E-state index is 0.0494. The van der Waals surface area contributed by atoms with Gasteiger partial charge in [-0.2, -0.15) is 0 Å². The molecule has 2 amide bonds. The fourth-order valence-electron chi connectivity index (χ4n) is 3.56. The van der Waals surface area contributed by atoms with Crippen LogP contribution < -0.4 is 9.62 Å². The summed E-state index contributed by atoms with van der Waals surface area (Å²) in [5.74, 6) is -0.951. The molecule has 0 aliphatic carbocycles. The second kappa shape index (κ2) is 13.6. The maximum absolute atomic E-state index is 13.3. The SMILES string of the molecule is CCCCNC(=O)[C@@H](C)N(Cc1cccc(Br)c1)C(=O)CCCN(c1ccc(F)cc1)S(C)(=O)=O. The molecule has 0 saturated carbocycles. The molecule has 1 N–H and O–H groups in total. The number of hydrogen-bond acceptors (Lipinski definition) is 4. The van der Waals surface area contributed by atoms with Crippen LogP contribution in [0, 0.1) is 5.82 Å². The van der Waals surface area contributed by atoms with Crippen molar-refractivity contribution in [3.63, 3.8) is 0 Å². The minimum atomic E-state index is -3.63. The van der Waals surface area contributed by atoms with Gasteiger partial charge >= 0.3 is 0 Å². The molecule has 0 aromatic heterocycles. The molecule has 2 aromatic rings. The van der Waals surface area contributed by atoms with Gasteiger partial charge in [0.1, 0.15) is 11.9 Å². The molecular formula is C25H33BrFN3O4S. The van der Waals surface area contributed by atoms with Crippen molar-refractivity contribution in [2.24, 2.45) is 0 Å². The number of carbonyl (C=O) groups excluding carboxylic acids is 2. The number of halogens is 2. The average Bonchev–Trinajstić information content (AvgIpc) is 2.80. The van der Waals surface area contributed by atoms with E-state index in [4.69, 9.17) is 0 Å². The largest absolute Gasteiger partial charge is 0.354 e. The lowest BCUT2D eigenvalue weighted by Gasteiger charge is -2.29. The molecule has 1 atom stereocenters. The maximum atomic E-state index is 13.3. The van der Waals surface area contributed by atoms with E-state index < -0.39 is 21.9 Å². The summed E-state index contributed by atoms with van der Waals surface area (Å²) in [6.07, 6.45) is 3.15.